The number of carbonyl (C=O) groups excluding carboxylic acids is 1. The highest BCUT2D eigenvalue weighted by Gasteiger charge is 2.52. The van der Waals surface area contributed by atoms with Gasteiger partial charge in [0.1, 0.15) is 17.4 Å². The summed E-state index contributed by atoms with van der Waals surface area (Å²) >= 11 is 0. The highest BCUT2D eigenvalue weighted by Crippen LogP contribution is 2.42. The summed E-state index contributed by atoms with van der Waals surface area (Å²) in [5.41, 5.74) is -0.226. The molecule has 0 saturated carbocycles. The Morgan fingerprint density at radius 1 is 1.19 bits per heavy atom. The van der Waals surface area contributed by atoms with E-state index in [4.69, 9.17) is 14.2 Å². The molecule has 6 heteroatoms. The van der Waals surface area contributed by atoms with Gasteiger partial charge in [0, 0.05) is 19.6 Å². The number of ether oxygens (including phenoxy) is 3. The summed E-state index contributed by atoms with van der Waals surface area (Å²) < 4.78 is 17.6. The van der Waals surface area contributed by atoms with Crippen molar-refractivity contribution < 1.29 is 19.0 Å². The molecule has 0 N–H and O–H groups in total. The lowest BCUT2D eigenvalue weighted by atomic mass is 10.0. The van der Waals surface area contributed by atoms with Gasteiger partial charge in [-0.25, -0.2) is 4.79 Å². The van der Waals surface area contributed by atoms with E-state index in [9.17, 15) is 4.79 Å². The van der Waals surface area contributed by atoms with Crippen molar-refractivity contribution in [3.05, 3.63) is 35.9 Å². The van der Waals surface area contributed by atoms with E-state index >= 15 is 0 Å². The van der Waals surface area contributed by atoms with Crippen LogP contribution in [0.4, 0.5) is 4.79 Å². The summed E-state index contributed by atoms with van der Waals surface area (Å²) in [5.74, 6) is 0. The van der Waals surface area contributed by atoms with Gasteiger partial charge in [0.25, 0.3) is 0 Å². The predicted octanol–water partition coefficient (Wildman–Crippen LogP) is 3.43. The summed E-state index contributed by atoms with van der Waals surface area (Å²) in [6.07, 6.45) is -0.527. The lowest BCUT2D eigenvalue weighted by molar-refractivity contribution is -0.0799. The maximum atomic E-state index is 13.1. The lowest BCUT2D eigenvalue weighted by Crippen LogP contribution is -2.54. The van der Waals surface area contributed by atoms with Crippen molar-refractivity contribution in [3.63, 3.8) is 0 Å². The molecule has 6 nitrogen and oxygen atoms in total. The zero-order chi connectivity index (χ0) is 19.7. The van der Waals surface area contributed by atoms with E-state index in [0.29, 0.717) is 0 Å². The molecule has 2 saturated heterocycles. The van der Waals surface area contributed by atoms with E-state index in [1.807, 2.05) is 52.8 Å². The van der Waals surface area contributed by atoms with E-state index < -0.39 is 11.3 Å². The second kappa shape index (κ2) is 7.78. The summed E-state index contributed by atoms with van der Waals surface area (Å²) in [6.45, 7) is 13.4. The SMILES string of the molecule is CC(C)(C)OC(=O)N1[C@@H](CN2CCOCC2)[C@@H](c2ccccc2)OC1(C)C. The van der Waals surface area contributed by atoms with Crippen molar-refractivity contribution in [1.82, 2.24) is 9.80 Å². The smallest absolute Gasteiger partial charge is 0.412 e. The minimum absolute atomic E-state index is 0.129. The summed E-state index contributed by atoms with van der Waals surface area (Å²) in [6, 6.07) is 10.0. The third kappa shape index (κ3) is 4.81. The van der Waals surface area contributed by atoms with Crippen LogP contribution in [-0.4, -0.2) is 66.1 Å². The Hall–Kier alpha value is -1.63. The molecule has 0 unspecified atom stereocenters. The minimum Gasteiger partial charge on any atom is -0.444 e. The summed E-state index contributed by atoms with van der Waals surface area (Å²) in [5, 5.41) is 0. The number of amides is 1. The van der Waals surface area contributed by atoms with Crippen LogP contribution in [0.15, 0.2) is 30.3 Å². The van der Waals surface area contributed by atoms with Crippen LogP contribution < -0.4 is 0 Å². The van der Waals surface area contributed by atoms with E-state index in [-0.39, 0.29) is 18.2 Å². The van der Waals surface area contributed by atoms with Crippen LogP contribution in [0.2, 0.25) is 0 Å². The predicted molar refractivity (Wildman–Crippen MR) is 103 cm³/mol. The Labute approximate surface area is 162 Å². The highest BCUT2D eigenvalue weighted by atomic mass is 16.6. The number of benzene rings is 1. The Bertz CT molecular complexity index is 635. The molecule has 1 amide bonds. The molecule has 2 heterocycles. The maximum Gasteiger partial charge on any atom is 0.412 e. The standard InChI is InChI=1S/C21H32N2O4/c1-20(2,3)27-19(24)23-17(15-22-11-13-25-14-12-22)18(26-21(23,4)5)16-9-7-6-8-10-16/h6-10,17-18H,11-15H2,1-5H3/t17-,18+/m0/s1. The van der Waals surface area contributed by atoms with Gasteiger partial charge in [-0.3, -0.25) is 9.80 Å². The average Bonchev–Trinajstić information content (AvgIpc) is 2.85. The van der Waals surface area contributed by atoms with Gasteiger partial charge < -0.3 is 14.2 Å². The molecular weight excluding hydrogens is 344 g/mol. The van der Waals surface area contributed by atoms with Crippen molar-refractivity contribution in [2.45, 2.75) is 58.1 Å². The van der Waals surface area contributed by atoms with E-state index in [1.165, 1.54) is 0 Å². The fraction of sp³-hybridized carbons (Fsp3) is 0.667. The van der Waals surface area contributed by atoms with Gasteiger partial charge in [0.15, 0.2) is 0 Å². The molecule has 2 fully saturated rings. The molecule has 0 spiro atoms. The first-order chi connectivity index (χ1) is 12.7. The monoisotopic (exact) mass is 376 g/mol. The maximum absolute atomic E-state index is 13.1. The van der Waals surface area contributed by atoms with Crippen LogP contribution in [0.3, 0.4) is 0 Å². The van der Waals surface area contributed by atoms with Gasteiger partial charge in [0.05, 0.1) is 19.3 Å². The number of rotatable bonds is 3. The van der Waals surface area contributed by atoms with E-state index in [0.717, 1.165) is 38.4 Å². The molecule has 3 rings (SSSR count). The van der Waals surface area contributed by atoms with Gasteiger partial charge in [-0.1, -0.05) is 30.3 Å². The van der Waals surface area contributed by atoms with Crippen LogP contribution in [0.25, 0.3) is 0 Å². The zero-order valence-corrected chi connectivity index (χ0v) is 17.1. The largest absolute Gasteiger partial charge is 0.444 e. The second-order valence-corrected chi connectivity index (χ2v) is 8.73. The molecule has 1 aromatic carbocycles. The topological polar surface area (TPSA) is 51.2 Å². The number of nitrogens with zero attached hydrogens (tertiary/aromatic N) is 2. The number of hydrogen-bond acceptors (Lipinski definition) is 5. The third-order valence-electron chi connectivity index (χ3n) is 4.94. The molecule has 2 aliphatic rings. The first kappa shape index (κ1) is 20.1. The molecule has 1 aromatic rings. The number of hydrogen-bond donors (Lipinski definition) is 0. The highest BCUT2D eigenvalue weighted by molar-refractivity contribution is 5.70. The third-order valence-corrected chi connectivity index (χ3v) is 4.94. The van der Waals surface area contributed by atoms with Gasteiger partial charge in [-0.2, -0.15) is 0 Å². The second-order valence-electron chi connectivity index (χ2n) is 8.73. The molecule has 27 heavy (non-hydrogen) atoms. The molecule has 150 valence electrons. The van der Waals surface area contributed by atoms with Crippen molar-refractivity contribution >= 4 is 6.09 Å². The molecular formula is C21H32N2O4. The number of morpholine rings is 1. The summed E-state index contributed by atoms with van der Waals surface area (Å²) in [4.78, 5) is 17.2. The molecule has 0 aliphatic carbocycles. The Balaban J connectivity index is 1.90. The van der Waals surface area contributed by atoms with Crippen LogP contribution in [-0.2, 0) is 14.2 Å². The van der Waals surface area contributed by atoms with Crippen LogP contribution in [0.5, 0.6) is 0 Å². The minimum atomic E-state index is -0.750. The molecule has 2 atom stereocenters. The summed E-state index contributed by atoms with van der Waals surface area (Å²) in [7, 11) is 0. The fourth-order valence-corrected chi connectivity index (χ4v) is 3.81. The van der Waals surface area contributed by atoms with E-state index in [1.54, 1.807) is 4.90 Å². The van der Waals surface area contributed by atoms with Crippen LogP contribution in [0, 0.1) is 0 Å². The fourth-order valence-electron chi connectivity index (χ4n) is 3.81. The van der Waals surface area contributed by atoms with Crippen molar-refractivity contribution in [2.75, 3.05) is 32.8 Å². The van der Waals surface area contributed by atoms with Crippen molar-refractivity contribution in [2.24, 2.45) is 0 Å². The van der Waals surface area contributed by atoms with Gasteiger partial charge >= 0.3 is 6.09 Å². The molecule has 2 aliphatic heterocycles. The number of carbonyl (C=O) groups is 1. The average molecular weight is 376 g/mol. The Morgan fingerprint density at radius 2 is 1.81 bits per heavy atom. The van der Waals surface area contributed by atoms with Crippen LogP contribution in [0.1, 0.15) is 46.3 Å². The van der Waals surface area contributed by atoms with Gasteiger partial charge in [0.2, 0.25) is 0 Å². The van der Waals surface area contributed by atoms with Crippen LogP contribution >= 0.6 is 0 Å². The first-order valence-electron chi connectivity index (χ1n) is 9.72. The van der Waals surface area contributed by atoms with Crippen molar-refractivity contribution in [3.8, 4) is 0 Å². The van der Waals surface area contributed by atoms with Gasteiger partial charge in [-0.15, -0.1) is 0 Å². The normalized spacial score (nSPS) is 26.2. The Kier molecular flexibility index (Phi) is 5.79. The molecule has 0 radical (unpaired) electrons. The quantitative estimate of drug-likeness (QED) is 0.809. The van der Waals surface area contributed by atoms with Gasteiger partial charge in [-0.05, 0) is 40.2 Å². The van der Waals surface area contributed by atoms with Crippen molar-refractivity contribution in [1.29, 1.82) is 0 Å². The van der Waals surface area contributed by atoms with E-state index in [2.05, 4.69) is 17.0 Å². The first-order valence-corrected chi connectivity index (χ1v) is 9.72. The molecule has 0 bridgehead atoms. The molecule has 0 aromatic heterocycles. The lowest BCUT2D eigenvalue weighted by Gasteiger charge is -2.37. The zero-order valence-electron chi connectivity index (χ0n) is 17.1. The Morgan fingerprint density at radius 3 is 2.41 bits per heavy atom.